The zero-order chi connectivity index (χ0) is 11.6. The second kappa shape index (κ2) is 8.11. The van der Waals surface area contributed by atoms with Crippen LogP contribution in [0, 0.1) is 5.92 Å². The highest BCUT2D eigenvalue weighted by atomic mass is 16.5. The Morgan fingerprint density at radius 3 is 2.81 bits per heavy atom. The molecule has 3 nitrogen and oxygen atoms in total. The van der Waals surface area contributed by atoms with Crippen molar-refractivity contribution in [3.8, 4) is 5.75 Å². The predicted molar refractivity (Wildman–Crippen MR) is 66.7 cm³/mol. The fraction of sp³-hybridized carbons (Fsp3) is 0.615. The van der Waals surface area contributed by atoms with Crippen LogP contribution in [-0.4, -0.2) is 24.7 Å². The molecule has 3 heteroatoms. The van der Waals surface area contributed by atoms with Gasteiger partial charge in [0.1, 0.15) is 12.4 Å². The third-order valence-corrected chi connectivity index (χ3v) is 2.77. The van der Waals surface area contributed by atoms with Gasteiger partial charge in [0.15, 0.2) is 0 Å². The lowest BCUT2D eigenvalue weighted by molar-refractivity contribution is 0.306. The molecule has 0 saturated heterocycles. The lowest BCUT2D eigenvalue weighted by Crippen LogP contribution is -2.26. The highest BCUT2D eigenvalue weighted by molar-refractivity contribution is 5.15. The van der Waals surface area contributed by atoms with Crippen molar-refractivity contribution in [3.05, 3.63) is 24.5 Å². The number of rotatable bonds is 8. The van der Waals surface area contributed by atoms with Crippen LogP contribution in [0.5, 0.6) is 5.75 Å². The molecular formula is C13H22N2O. The number of hydrogen-bond donors (Lipinski definition) is 1. The van der Waals surface area contributed by atoms with Gasteiger partial charge in [-0.25, -0.2) is 0 Å². The van der Waals surface area contributed by atoms with Gasteiger partial charge in [0.05, 0.1) is 6.20 Å². The number of nitrogens with zero attached hydrogens (tertiary/aromatic N) is 1. The average molecular weight is 222 g/mol. The van der Waals surface area contributed by atoms with E-state index in [1.54, 1.807) is 12.4 Å². The molecule has 1 aromatic heterocycles. The standard InChI is InChI=1S/C13H22N2O/c1-3-12(4-2)10-15-8-9-16-13-6-5-7-14-11-13/h5-7,11-12,15H,3-4,8-10H2,1-2H3. The molecule has 16 heavy (non-hydrogen) atoms. The summed E-state index contributed by atoms with van der Waals surface area (Å²) in [6.07, 6.45) is 5.97. The second-order valence-corrected chi connectivity index (χ2v) is 3.92. The molecule has 0 amide bonds. The molecule has 0 spiro atoms. The van der Waals surface area contributed by atoms with Gasteiger partial charge < -0.3 is 10.1 Å². The van der Waals surface area contributed by atoms with Crippen LogP contribution in [0.1, 0.15) is 26.7 Å². The summed E-state index contributed by atoms with van der Waals surface area (Å²) >= 11 is 0. The average Bonchev–Trinajstić information content (AvgIpc) is 2.35. The van der Waals surface area contributed by atoms with Crippen molar-refractivity contribution >= 4 is 0 Å². The van der Waals surface area contributed by atoms with Crippen molar-refractivity contribution in [2.45, 2.75) is 26.7 Å². The Labute approximate surface area is 98.2 Å². The Hall–Kier alpha value is -1.09. The summed E-state index contributed by atoms with van der Waals surface area (Å²) in [7, 11) is 0. The number of ether oxygens (including phenoxy) is 1. The number of aromatic nitrogens is 1. The van der Waals surface area contributed by atoms with Crippen molar-refractivity contribution in [1.82, 2.24) is 10.3 Å². The van der Waals surface area contributed by atoms with Crippen LogP contribution in [0.25, 0.3) is 0 Å². The highest BCUT2D eigenvalue weighted by Crippen LogP contribution is 2.06. The van der Waals surface area contributed by atoms with E-state index in [-0.39, 0.29) is 0 Å². The minimum Gasteiger partial charge on any atom is -0.491 e. The molecule has 1 heterocycles. The minimum absolute atomic E-state index is 0.700. The van der Waals surface area contributed by atoms with Gasteiger partial charge in [-0.15, -0.1) is 0 Å². The van der Waals surface area contributed by atoms with Gasteiger partial charge >= 0.3 is 0 Å². The van der Waals surface area contributed by atoms with Gasteiger partial charge in [0.2, 0.25) is 0 Å². The van der Waals surface area contributed by atoms with Crippen molar-refractivity contribution in [2.24, 2.45) is 5.92 Å². The Bertz CT molecular complexity index is 260. The molecule has 0 atom stereocenters. The number of pyridine rings is 1. The maximum absolute atomic E-state index is 5.53. The topological polar surface area (TPSA) is 34.1 Å². The first kappa shape index (κ1) is 13.0. The van der Waals surface area contributed by atoms with E-state index < -0.39 is 0 Å². The molecule has 0 fully saturated rings. The highest BCUT2D eigenvalue weighted by Gasteiger charge is 2.01. The van der Waals surface area contributed by atoms with E-state index in [9.17, 15) is 0 Å². The van der Waals surface area contributed by atoms with E-state index in [0.717, 1.165) is 24.8 Å². The quantitative estimate of drug-likeness (QED) is 0.686. The first-order valence-corrected chi connectivity index (χ1v) is 6.10. The lowest BCUT2D eigenvalue weighted by Gasteiger charge is -2.13. The van der Waals surface area contributed by atoms with Crippen LogP contribution in [0.15, 0.2) is 24.5 Å². The van der Waals surface area contributed by atoms with Crippen molar-refractivity contribution in [1.29, 1.82) is 0 Å². The van der Waals surface area contributed by atoms with E-state index in [1.165, 1.54) is 12.8 Å². The molecule has 1 rings (SSSR count). The monoisotopic (exact) mass is 222 g/mol. The van der Waals surface area contributed by atoms with Crippen molar-refractivity contribution in [2.75, 3.05) is 19.7 Å². The summed E-state index contributed by atoms with van der Waals surface area (Å²) in [4.78, 5) is 3.99. The third kappa shape index (κ3) is 5.12. The minimum atomic E-state index is 0.700. The summed E-state index contributed by atoms with van der Waals surface area (Å²) < 4.78 is 5.53. The molecular weight excluding hydrogens is 200 g/mol. The zero-order valence-electron chi connectivity index (χ0n) is 10.3. The van der Waals surface area contributed by atoms with Crippen molar-refractivity contribution in [3.63, 3.8) is 0 Å². The fourth-order valence-corrected chi connectivity index (χ4v) is 1.56. The molecule has 0 bridgehead atoms. The first-order valence-electron chi connectivity index (χ1n) is 6.10. The van der Waals surface area contributed by atoms with Crippen LogP contribution in [0.2, 0.25) is 0 Å². The Morgan fingerprint density at radius 1 is 1.38 bits per heavy atom. The van der Waals surface area contributed by atoms with E-state index in [4.69, 9.17) is 4.74 Å². The summed E-state index contributed by atoms with van der Waals surface area (Å²) in [5.41, 5.74) is 0. The maximum Gasteiger partial charge on any atom is 0.137 e. The smallest absolute Gasteiger partial charge is 0.137 e. The zero-order valence-corrected chi connectivity index (χ0v) is 10.3. The van der Waals surface area contributed by atoms with E-state index in [0.29, 0.717) is 6.61 Å². The van der Waals surface area contributed by atoms with E-state index >= 15 is 0 Å². The molecule has 0 aromatic carbocycles. The SMILES string of the molecule is CCC(CC)CNCCOc1cccnc1. The summed E-state index contributed by atoms with van der Waals surface area (Å²) in [6, 6.07) is 3.81. The van der Waals surface area contributed by atoms with Crippen LogP contribution in [0.4, 0.5) is 0 Å². The fourth-order valence-electron chi connectivity index (χ4n) is 1.56. The molecule has 0 saturated carbocycles. The Kier molecular flexibility index (Phi) is 6.58. The van der Waals surface area contributed by atoms with Gasteiger partial charge in [-0.1, -0.05) is 26.7 Å². The van der Waals surface area contributed by atoms with Crippen LogP contribution >= 0.6 is 0 Å². The third-order valence-electron chi connectivity index (χ3n) is 2.77. The molecule has 1 aromatic rings. The van der Waals surface area contributed by atoms with Gasteiger partial charge in [0, 0.05) is 12.7 Å². The molecule has 0 unspecified atom stereocenters. The van der Waals surface area contributed by atoms with Crippen LogP contribution < -0.4 is 10.1 Å². The number of hydrogen-bond acceptors (Lipinski definition) is 3. The van der Waals surface area contributed by atoms with Crippen LogP contribution in [-0.2, 0) is 0 Å². The second-order valence-electron chi connectivity index (χ2n) is 3.92. The lowest BCUT2D eigenvalue weighted by atomic mass is 10.0. The van der Waals surface area contributed by atoms with Crippen LogP contribution in [0.3, 0.4) is 0 Å². The maximum atomic E-state index is 5.53. The molecule has 90 valence electrons. The molecule has 0 radical (unpaired) electrons. The molecule has 0 aliphatic carbocycles. The van der Waals surface area contributed by atoms with Crippen molar-refractivity contribution < 1.29 is 4.74 Å². The normalized spacial score (nSPS) is 10.7. The molecule has 0 aliphatic rings. The predicted octanol–water partition coefficient (Wildman–Crippen LogP) is 2.49. The van der Waals surface area contributed by atoms with E-state index in [1.807, 2.05) is 12.1 Å². The summed E-state index contributed by atoms with van der Waals surface area (Å²) in [5, 5.41) is 3.41. The molecule has 1 N–H and O–H groups in total. The largest absolute Gasteiger partial charge is 0.491 e. The number of nitrogens with one attached hydrogen (secondary N) is 1. The molecule has 0 aliphatic heterocycles. The summed E-state index contributed by atoms with van der Waals surface area (Å²) in [5.74, 6) is 1.63. The summed E-state index contributed by atoms with van der Waals surface area (Å²) in [6.45, 7) is 7.16. The van der Waals surface area contributed by atoms with E-state index in [2.05, 4.69) is 24.1 Å². The van der Waals surface area contributed by atoms with Gasteiger partial charge in [-0.2, -0.15) is 0 Å². The van der Waals surface area contributed by atoms with Gasteiger partial charge in [0.25, 0.3) is 0 Å². The first-order chi connectivity index (χ1) is 7.86. The van der Waals surface area contributed by atoms with Gasteiger partial charge in [-0.3, -0.25) is 4.98 Å². The van der Waals surface area contributed by atoms with Gasteiger partial charge in [-0.05, 0) is 24.6 Å². The Morgan fingerprint density at radius 2 is 2.19 bits per heavy atom. The Balaban J connectivity index is 2.04.